The van der Waals surface area contributed by atoms with Crippen molar-refractivity contribution in [3.05, 3.63) is 108 Å². The van der Waals surface area contributed by atoms with Crippen molar-refractivity contribution in [3.8, 4) is 0 Å². The van der Waals surface area contributed by atoms with Gasteiger partial charge >= 0.3 is 0 Å². The Kier molecular flexibility index (Phi) is 12.9. The smallest absolute Gasteiger partial charge is 0.113 e. The van der Waals surface area contributed by atoms with Crippen LogP contribution < -0.4 is 0 Å². The number of ether oxygens (including phenoxy) is 4. The highest BCUT2D eigenvalue weighted by molar-refractivity contribution is 8.00. The Labute approximate surface area is 231 Å². The second-order valence-corrected chi connectivity index (χ2v) is 11.4. The average molecular weight is 541 g/mol. The van der Waals surface area contributed by atoms with E-state index in [0.29, 0.717) is 33.0 Å². The van der Waals surface area contributed by atoms with Crippen LogP contribution in [-0.2, 0) is 31.8 Å². The third kappa shape index (κ3) is 8.54. The lowest BCUT2D eigenvalue weighted by molar-refractivity contribution is -0.136. The van der Waals surface area contributed by atoms with Gasteiger partial charge in [0, 0.05) is 16.2 Å². The molecule has 0 aliphatic carbocycles. The third-order valence-corrected chi connectivity index (χ3v) is 9.03. The van der Waals surface area contributed by atoms with Crippen molar-refractivity contribution in [1.82, 2.24) is 0 Å². The topological polar surface area (TPSA) is 36.9 Å². The van der Waals surface area contributed by atoms with Gasteiger partial charge in [-0.3, -0.25) is 0 Å². The van der Waals surface area contributed by atoms with Gasteiger partial charge in [-0.25, -0.2) is 0 Å². The van der Waals surface area contributed by atoms with Gasteiger partial charge in [-0.15, -0.1) is 49.4 Å². The summed E-state index contributed by atoms with van der Waals surface area (Å²) >= 11 is 3.68. The molecular weight excluding hydrogens is 500 g/mol. The maximum atomic E-state index is 6.39. The van der Waals surface area contributed by atoms with Crippen LogP contribution in [0.5, 0.6) is 0 Å². The molecule has 3 rings (SSSR count). The summed E-state index contributed by atoms with van der Waals surface area (Å²) in [5.74, 6) is 0. The van der Waals surface area contributed by atoms with E-state index in [1.54, 1.807) is 24.3 Å². The molecule has 0 N–H and O–H groups in total. The van der Waals surface area contributed by atoms with E-state index < -0.39 is 0 Å². The molecule has 6 heteroatoms. The number of benzene rings is 1. The van der Waals surface area contributed by atoms with Crippen molar-refractivity contribution in [2.75, 3.05) is 33.0 Å². The Morgan fingerprint density at radius 1 is 0.730 bits per heavy atom. The third-order valence-electron chi connectivity index (χ3n) is 6.14. The lowest BCUT2D eigenvalue weighted by Gasteiger charge is -2.45. The van der Waals surface area contributed by atoms with Crippen LogP contribution in [0.25, 0.3) is 0 Å². The largest absolute Gasteiger partial charge is 0.376 e. The average Bonchev–Trinajstić information content (AvgIpc) is 3.38. The molecule has 200 valence electrons. The predicted molar refractivity (Wildman–Crippen MR) is 158 cm³/mol. The van der Waals surface area contributed by atoms with Gasteiger partial charge in [-0.1, -0.05) is 55.5 Å². The molecule has 0 spiro atoms. The first kappa shape index (κ1) is 29.6. The Morgan fingerprint density at radius 2 is 1.32 bits per heavy atom. The van der Waals surface area contributed by atoms with Crippen molar-refractivity contribution in [2.45, 2.75) is 48.6 Å². The van der Waals surface area contributed by atoms with Crippen LogP contribution in [0.4, 0.5) is 0 Å². The molecule has 1 aromatic heterocycles. The van der Waals surface area contributed by atoms with E-state index in [4.69, 9.17) is 18.9 Å². The van der Waals surface area contributed by atoms with E-state index in [2.05, 4.69) is 69.6 Å². The van der Waals surface area contributed by atoms with Crippen LogP contribution >= 0.6 is 23.1 Å². The fourth-order valence-electron chi connectivity index (χ4n) is 4.39. The summed E-state index contributed by atoms with van der Waals surface area (Å²) in [6.45, 7) is 19.8. The summed E-state index contributed by atoms with van der Waals surface area (Å²) in [4.78, 5) is 2.60. The van der Waals surface area contributed by atoms with Crippen molar-refractivity contribution in [2.24, 2.45) is 0 Å². The van der Waals surface area contributed by atoms with Gasteiger partial charge < -0.3 is 18.9 Å². The molecule has 1 aliphatic heterocycles. The fraction of sp³-hybridized carbons (Fsp3) is 0.419. The minimum absolute atomic E-state index is 0.0513. The van der Waals surface area contributed by atoms with Crippen LogP contribution in [0.3, 0.4) is 0 Å². The molecule has 0 unspecified atom stereocenters. The standard InChI is InChI=1S/C31H40O4S2/c1-6-17-32-22-27-28(33-18-7-2)29(34-19-8-3)30(35-20-9-4)31(37-27)26-16-15-25(36-26)21-24-13-11-23(10-5)12-14-24/h6-9,11-16,27-31H,1-4,10,17-22H2,5H3/t27-,28-,29+,30-,31+/m1/s1. The van der Waals surface area contributed by atoms with Crippen molar-refractivity contribution >= 4 is 23.1 Å². The molecule has 4 nitrogen and oxygen atoms in total. The highest BCUT2D eigenvalue weighted by Crippen LogP contribution is 2.48. The SMILES string of the molecule is C=CCOC[C@H]1S[C@@H](c2ccc(Cc3ccc(CC)cc3)s2)[C@H](OCC=C)[C@@H](OCC=C)[C@@H]1OCC=C. The molecule has 0 amide bonds. The van der Waals surface area contributed by atoms with Crippen molar-refractivity contribution in [3.63, 3.8) is 0 Å². The molecule has 1 aromatic carbocycles. The second-order valence-electron chi connectivity index (χ2n) is 8.83. The molecule has 1 fully saturated rings. The van der Waals surface area contributed by atoms with Gasteiger partial charge in [0.2, 0.25) is 0 Å². The Morgan fingerprint density at radius 3 is 1.95 bits per heavy atom. The summed E-state index contributed by atoms with van der Waals surface area (Å²) < 4.78 is 24.9. The molecule has 2 aromatic rings. The minimum atomic E-state index is -0.298. The molecule has 1 saturated heterocycles. The van der Waals surface area contributed by atoms with E-state index in [9.17, 15) is 0 Å². The fourth-order valence-corrected chi connectivity index (χ4v) is 7.31. The van der Waals surface area contributed by atoms with E-state index in [-0.39, 0.29) is 28.8 Å². The molecule has 5 atom stereocenters. The number of thiophene rings is 1. The number of rotatable bonds is 17. The molecule has 2 heterocycles. The van der Waals surface area contributed by atoms with Gasteiger partial charge in [0.1, 0.15) is 18.3 Å². The molecule has 37 heavy (non-hydrogen) atoms. The number of hydrogen-bond acceptors (Lipinski definition) is 6. The van der Waals surface area contributed by atoms with Crippen LogP contribution in [0.1, 0.15) is 33.1 Å². The lowest BCUT2D eigenvalue weighted by atomic mass is 9.99. The van der Waals surface area contributed by atoms with E-state index >= 15 is 0 Å². The van der Waals surface area contributed by atoms with Crippen LogP contribution in [0.15, 0.2) is 87.0 Å². The number of hydrogen-bond donors (Lipinski definition) is 0. The Hall–Kier alpha value is -1.93. The van der Waals surface area contributed by atoms with E-state index in [1.165, 1.54) is 20.9 Å². The number of thioether (sulfide) groups is 1. The van der Waals surface area contributed by atoms with Crippen LogP contribution in [0, 0.1) is 0 Å². The van der Waals surface area contributed by atoms with Crippen molar-refractivity contribution < 1.29 is 18.9 Å². The van der Waals surface area contributed by atoms with Crippen LogP contribution in [-0.4, -0.2) is 56.6 Å². The summed E-state index contributed by atoms with van der Waals surface area (Å²) in [6, 6.07) is 13.4. The highest BCUT2D eigenvalue weighted by atomic mass is 32.2. The van der Waals surface area contributed by atoms with Crippen molar-refractivity contribution in [1.29, 1.82) is 0 Å². The second kappa shape index (κ2) is 16.1. The van der Waals surface area contributed by atoms with Gasteiger partial charge in [0.25, 0.3) is 0 Å². The van der Waals surface area contributed by atoms with E-state index in [1.807, 2.05) is 23.1 Å². The molecule has 0 saturated carbocycles. The highest BCUT2D eigenvalue weighted by Gasteiger charge is 2.48. The molecular formula is C31H40O4S2. The van der Waals surface area contributed by atoms with E-state index in [0.717, 1.165) is 12.8 Å². The summed E-state index contributed by atoms with van der Waals surface area (Å²) in [6.07, 6.45) is 8.31. The van der Waals surface area contributed by atoms with Gasteiger partial charge in [-0.05, 0) is 29.7 Å². The van der Waals surface area contributed by atoms with Crippen LogP contribution in [0.2, 0.25) is 0 Å². The lowest BCUT2D eigenvalue weighted by Crippen LogP contribution is -2.55. The quantitative estimate of drug-likeness (QED) is 0.160. The summed E-state index contributed by atoms with van der Waals surface area (Å²) in [7, 11) is 0. The van der Waals surface area contributed by atoms with Gasteiger partial charge in [0.15, 0.2) is 0 Å². The van der Waals surface area contributed by atoms with Gasteiger partial charge in [0.05, 0.1) is 43.5 Å². The zero-order chi connectivity index (χ0) is 26.5. The zero-order valence-electron chi connectivity index (χ0n) is 21.9. The number of aryl methyl sites for hydroxylation is 1. The molecule has 0 radical (unpaired) electrons. The first-order valence-corrected chi connectivity index (χ1v) is 14.6. The maximum Gasteiger partial charge on any atom is 0.113 e. The molecule has 1 aliphatic rings. The first-order chi connectivity index (χ1) is 18.1. The summed E-state index contributed by atoms with van der Waals surface area (Å²) in [5, 5.41) is 0.118. The Balaban J connectivity index is 1.90. The zero-order valence-corrected chi connectivity index (χ0v) is 23.5. The normalized spacial score (nSPS) is 23.4. The summed E-state index contributed by atoms with van der Waals surface area (Å²) in [5.41, 5.74) is 2.68. The predicted octanol–water partition coefficient (Wildman–Crippen LogP) is 6.97. The monoisotopic (exact) mass is 540 g/mol. The Bertz CT molecular complexity index is 983. The minimum Gasteiger partial charge on any atom is -0.376 e. The first-order valence-electron chi connectivity index (χ1n) is 12.8. The molecule has 0 bridgehead atoms. The maximum absolute atomic E-state index is 6.39. The van der Waals surface area contributed by atoms with Gasteiger partial charge in [-0.2, -0.15) is 0 Å².